The lowest BCUT2D eigenvalue weighted by molar-refractivity contribution is -0.128. The molecule has 2 N–H and O–H groups in total. The van der Waals surface area contributed by atoms with Gasteiger partial charge < -0.3 is 15.5 Å². The van der Waals surface area contributed by atoms with Crippen molar-refractivity contribution in [3.05, 3.63) is 23.8 Å². The van der Waals surface area contributed by atoms with Crippen LogP contribution in [0.4, 0.5) is 11.4 Å². The number of hydrogen-bond acceptors (Lipinski definition) is 3. The molecule has 1 heterocycles. The molecular formula is C13H17N3O2. The van der Waals surface area contributed by atoms with Crippen molar-refractivity contribution in [3.8, 4) is 0 Å². The normalized spacial score (nSPS) is 13.7. The highest BCUT2D eigenvalue weighted by Gasteiger charge is 2.27. The van der Waals surface area contributed by atoms with Crippen molar-refractivity contribution in [3.63, 3.8) is 0 Å². The summed E-state index contributed by atoms with van der Waals surface area (Å²) in [5, 5.41) is 0. The van der Waals surface area contributed by atoms with Gasteiger partial charge in [0, 0.05) is 38.4 Å². The first-order chi connectivity index (χ1) is 8.49. The minimum absolute atomic E-state index is 0.0201. The van der Waals surface area contributed by atoms with Crippen LogP contribution in [0.5, 0.6) is 0 Å². The highest BCUT2D eigenvalue weighted by molar-refractivity contribution is 6.02. The average molecular weight is 247 g/mol. The molecule has 1 aromatic carbocycles. The first-order valence-corrected chi connectivity index (χ1v) is 5.88. The van der Waals surface area contributed by atoms with Crippen LogP contribution in [0.15, 0.2) is 18.2 Å². The third-order valence-electron chi connectivity index (χ3n) is 3.09. The molecule has 5 heteroatoms. The molecule has 0 fully saturated rings. The molecule has 0 aliphatic carbocycles. The molecule has 0 bridgehead atoms. The third kappa shape index (κ3) is 2.30. The van der Waals surface area contributed by atoms with Crippen molar-refractivity contribution in [1.82, 2.24) is 4.90 Å². The van der Waals surface area contributed by atoms with Gasteiger partial charge in [0.05, 0.1) is 6.42 Å². The van der Waals surface area contributed by atoms with Crippen molar-refractivity contribution < 1.29 is 9.59 Å². The maximum absolute atomic E-state index is 11.9. The summed E-state index contributed by atoms with van der Waals surface area (Å²) in [4.78, 5) is 26.6. The summed E-state index contributed by atoms with van der Waals surface area (Å²) < 4.78 is 0. The summed E-state index contributed by atoms with van der Waals surface area (Å²) in [7, 11) is 3.42. The summed E-state index contributed by atoms with van der Waals surface area (Å²) in [5.74, 6) is 0.0499. The Bertz CT molecular complexity index is 497. The zero-order valence-electron chi connectivity index (χ0n) is 10.6. The molecule has 0 aromatic heterocycles. The molecule has 0 radical (unpaired) electrons. The van der Waals surface area contributed by atoms with Crippen molar-refractivity contribution in [1.29, 1.82) is 0 Å². The minimum atomic E-state index is 0.0201. The molecule has 96 valence electrons. The number of hydrogen-bond donors (Lipinski definition) is 1. The van der Waals surface area contributed by atoms with Gasteiger partial charge in [0.2, 0.25) is 11.8 Å². The van der Waals surface area contributed by atoms with E-state index in [1.165, 1.54) is 4.90 Å². The van der Waals surface area contributed by atoms with E-state index in [2.05, 4.69) is 0 Å². The fourth-order valence-electron chi connectivity index (χ4n) is 2.08. The molecular weight excluding hydrogens is 230 g/mol. The second kappa shape index (κ2) is 4.68. The number of fused-ring (bicyclic) bond motifs is 1. The van der Waals surface area contributed by atoms with Crippen molar-refractivity contribution in [2.24, 2.45) is 0 Å². The quantitative estimate of drug-likeness (QED) is 0.797. The number of nitrogens with two attached hydrogens (primary N) is 1. The van der Waals surface area contributed by atoms with Crippen LogP contribution >= 0.6 is 0 Å². The summed E-state index contributed by atoms with van der Waals surface area (Å²) in [6.45, 7) is 0.423. The lowest BCUT2D eigenvalue weighted by atomic mass is 10.1. The van der Waals surface area contributed by atoms with E-state index in [1.807, 2.05) is 12.1 Å². The number of anilines is 2. The number of nitrogens with zero attached hydrogens (tertiary/aromatic N) is 2. The predicted octanol–water partition coefficient (Wildman–Crippen LogP) is 0.636. The minimum Gasteiger partial charge on any atom is -0.399 e. The maximum Gasteiger partial charge on any atom is 0.231 e. The van der Waals surface area contributed by atoms with Gasteiger partial charge in [0.1, 0.15) is 0 Å². The Morgan fingerprint density at radius 1 is 1.44 bits per heavy atom. The first-order valence-electron chi connectivity index (χ1n) is 5.88. The van der Waals surface area contributed by atoms with Gasteiger partial charge in [-0.15, -0.1) is 0 Å². The average Bonchev–Trinajstić information content (AvgIpc) is 2.60. The number of carbonyl (C=O) groups is 2. The Labute approximate surface area is 106 Å². The van der Waals surface area contributed by atoms with Gasteiger partial charge in [-0.05, 0) is 23.8 Å². The number of carbonyl (C=O) groups excluding carboxylic acids is 2. The Morgan fingerprint density at radius 3 is 2.83 bits per heavy atom. The largest absolute Gasteiger partial charge is 0.399 e. The summed E-state index contributed by atoms with van der Waals surface area (Å²) in [5.41, 5.74) is 8.17. The van der Waals surface area contributed by atoms with Gasteiger partial charge >= 0.3 is 0 Å². The van der Waals surface area contributed by atoms with E-state index in [4.69, 9.17) is 5.73 Å². The van der Waals surface area contributed by atoms with Crippen molar-refractivity contribution in [2.45, 2.75) is 12.8 Å². The second-order valence-electron chi connectivity index (χ2n) is 4.65. The van der Waals surface area contributed by atoms with E-state index in [-0.39, 0.29) is 11.8 Å². The van der Waals surface area contributed by atoms with E-state index in [1.54, 1.807) is 25.1 Å². The molecule has 1 aliphatic heterocycles. The predicted molar refractivity (Wildman–Crippen MR) is 70.2 cm³/mol. The van der Waals surface area contributed by atoms with Crippen molar-refractivity contribution >= 4 is 23.2 Å². The van der Waals surface area contributed by atoms with Gasteiger partial charge in [-0.1, -0.05) is 0 Å². The van der Waals surface area contributed by atoms with Gasteiger partial charge in [-0.2, -0.15) is 0 Å². The Kier molecular flexibility index (Phi) is 3.23. The van der Waals surface area contributed by atoms with E-state index in [0.29, 0.717) is 25.1 Å². The van der Waals surface area contributed by atoms with E-state index < -0.39 is 0 Å². The molecule has 0 unspecified atom stereocenters. The molecule has 18 heavy (non-hydrogen) atoms. The molecule has 1 aliphatic rings. The topological polar surface area (TPSA) is 66.6 Å². The summed E-state index contributed by atoms with van der Waals surface area (Å²) in [6, 6.07) is 5.44. The molecule has 0 saturated carbocycles. The standard InChI is InChI=1S/C13H17N3O2/c1-15(2)12(17)5-6-16-11-4-3-10(14)7-9(11)8-13(16)18/h3-4,7H,5-6,8,14H2,1-2H3. The van der Waals surface area contributed by atoms with Crippen LogP contribution in [0.1, 0.15) is 12.0 Å². The van der Waals surface area contributed by atoms with Crippen molar-refractivity contribution in [2.75, 3.05) is 31.3 Å². The highest BCUT2D eigenvalue weighted by atomic mass is 16.2. The fraction of sp³-hybridized carbons (Fsp3) is 0.385. The van der Waals surface area contributed by atoms with Crippen LogP contribution in [-0.4, -0.2) is 37.4 Å². The summed E-state index contributed by atoms with van der Waals surface area (Å²) >= 11 is 0. The van der Waals surface area contributed by atoms with Gasteiger partial charge in [-0.25, -0.2) is 0 Å². The van der Waals surface area contributed by atoms with Gasteiger partial charge in [-0.3, -0.25) is 9.59 Å². The van der Waals surface area contributed by atoms with Crippen LogP contribution in [0.25, 0.3) is 0 Å². The van der Waals surface area contributed by atoms with Crippen LogP contribution in [0.3, 0.4) is 0 Å². The molecule has 0 saturated heterocycles. The molecule has 0 atom stereocenters. The SMILES string of the molecule is CN(C)C(=O)CCN1C(=O)Cc2cc(N)ccc21. The van der Waals surface area contributed by atoms with Crippen LogP contribution < -0.4 is 10.6 Å². The monoisotopic (exact) mass is 247 g/mol. The third-order valence-corrected chi connectivity index (χ3v) is 3.09. The van der Waals surface area contributed by atoms with Crippen LogP contribution in [-0.2, 0) is 16.0 Å². The fourth-order valence-corrected chi connectivity index (χ4v) is 2.08. The Balaban J connectivity index is 2.11. The zero-order valence-corrected chi connectivity index (χ0v) is 10.6. The summed E-state index contributed by atoms with van der Waals surface area (Å²) in [6.07, 6.45) is 0.707. The molecule has 0 spiro atoms. The highest BCUT2D eigenvalue weighted by Crippen LogP contribution is 2.30. The lowest BCUT2D eigenvalue weighted by Gasteiger charge is -2.18. The smallest absolute Gasteiger partial charge is 0.231 e. The van der Waals surface area contributed by atoms with Crippen LogP contribution in [0, 0.1) is 0 Å². The lowest BCUT2D eigenvalue weighted by Crippen LogP contribution is -2.32. The second-order valence-corrected chi connectivity index (χ2v) is 4.65. The van der Waals surface area contributed by atoms with Crippen LogP contribution in [0.2, 0.25) is 0 Å². The van der Waals surface area contributed by atoms with Gasteiger partial charge in [0.25, 0.3) is 0 Å². The van der Waals surface area contributed by atoms with E-state index >= 15 is 0 Å². The number of amides is 2. The molecule has 2 amide bonds. The number of benzene rings is 1. The first kappa shape index (κ1) is 12.4. The molecule has 5 nitrogen and oxygen atoms in total. The molecule has 2 rings (SSSR count). The number of rotatable bonds is 3. The Hall–Kier alpha value is -2.04. The van der Waals surface area contributed by atoms with E-state index in [9.17, 15) is 9.59 Å². The van der Waals surface area contributed by atoms with E-state index in [0.717, 1.165) is 11.3 Å². The number of nitrogen functional groups attached to an aromatic ring is 1. The van der Waals surface area contributed by atoms with Gasteiger partial charge in [0.15, 0.2) is 0 Å². The maximum atomic E-state index is 11.9. The molecule has 1 aromatic rings. The zero-order chi connectivity index (χ0) is 13.3. The Morgan fingerprint density at radius 2 is 2.17 bits per heavy atom.